The average molecular weight is 420 g/mol. The predicted octanol–water partition coefficient (Wildman–Crippen LogP) is 3.74. The van der Waals surface area contributed by atoms with Crippen molar-refractivity contribution in [1.82, 2.24) is 24.9 Å². The molecule has 0 N–H and O–H groups in total. The first-order chi connectivity index (χ1) is 13.9. The fourth-order valence-corrected chi connectivity index (χ4v) is 3.65. The first kappa shape index (κ1) is 19.7. The van der Waals surface area contributed by atoms with Crippen molar-refractivity contribution in [3.8, 4) is 0 Å². The zero-order chi connectivity index (χ0) is 20.4. The highest BCUT2D eigenvalue weighted by Crippen LogP contribution is 2.29. The van der Waals surface area contributed by atoms with Gasteiger partial charge in [0, 0.05) is 37.8 Å². The molecule has 0 unspecified atom stereocenters. The highest BCUT2D eigenvalue weighted by atomic mass is 32.1. The van der Waals surface area contributed by atoms with Gasteiger partial charge in [-0.2, -0.15) is 13.2 Å². The van der Waals surface area contributed by atoms with Crippen molar-refractivity contribution < 1.29 is 13.2 Å². The third kappa shape index (κ3) is 4.38. The lowest BCUT2D eigenvalue weighted by molar-refractivity contribution is -0.137. The monoisotopic (exact) mass is 420 g/mol. The number of anilines is 1. The number of pyridine rings is 1. The lowest BCUT2D eigenvalue weighted by Gasteiger charge is -2.23. The van der Waals surface area contributed by atoms with Gasteiger partial charge in [0.1, 0.15) is 10.5 Å². The summed E-state index contributed by atoms with van der Waals surface area (Å²) in [7, 11) is 0. The second kappa shape index (κ2) is 8.03. The van der Waals surface area contributed by atoms with Crippen LogP contribution in [0.3, 0.4) is 0 Å². The van der Waals surface area contributed by atoms with E-state index in [1.54, 1.807) is 4.68 Å². The van der Waals surface area contributed by atoms with E-state index in [9.17, 15) is 13.2 Å². The van der Waals surface area contributed by atoms with Gasteiger partial charge < -0.3 is 4.90 Å². The minimum Gasteiger partial charge on any atom is -0.355 e. The van der Waals surface area contributed by atoms with Gasteiger partial charge in [-0.15, -0.1) is 5.10 Å². The van der Waals surface area contributed by atoms with Gasteiger partial charge in [0.2, 0.25) is 0 Å². The fourth-order valence-electron chi connectivity index (χ4n) is 3.39. The number of nitrogens with zero attached hydrogens (tertiary/aromatic N) is 6. The van der Waals surface area contributed by atoms with Gasteiger partial charge in [-0.1, -0.05) is 29.6 Å². The summed E-state index contributed by atoms with van der Waals surface area (Å²) in [6, 6.07) is 10.1. The van der Waals surface area contributed by atoms with E-state index < -0.39 is 11.7 Å². The van der Waals surface area contributed by atoms with Gasteiger partial charge in [-0.25, -0.2) is 9.67 Å². The molecule has 29 heavy (non-hydrogen) atoms. The zero-order valence-electron chi connectivity index (χ0n) is 15.5. The average Bonchev–Trinajstić information content (AvgIpc) is 2.95. The van der Waals surface area contributed by atoms with Crippen molar-refractivity contribution in [3.63, 3.8) is 0 Å². The standard InChI is InChI=1S/C19H19F3N6S/c20-19(21,22)14-6-7-17(23-12-14)27-9-3-8-26(10-11-27)13-28-18(29)15-4-1-2-5-16(15)24-25-28/h1-2,4-7,12H,3,8-11,13H2. The molecule has 0 spiro atoms. The highest BCUT2D eigenvalue weighted by Gasteiger charge is 2.31. The normalized spacial score (nSPS) is 16.2. The van der Waals surface area contributed by atoms with Crippen LogP contribution < -0.4 is 4.90 Å². The van der Waals surface area contributed by atoms with Gasteiger partial charge in [0.05, 0.1) is 17.7 Å². The molecule has 0 radical (unpaired) electrons. The molecular formula is C19H19F3N6S. The molecule has 1 aliphatic rings. The van der Waals surface area contributed by atoms with Crippen LogP contribution in [0, 0.1) is 4.64 Å². The van der Waals surface area contributed by atoms with Crippen LogP contribution in [-0.4, -0.2) is 51.1 Å². The molecule has 0 amide bonds. The number of fused-ring (bicyclic) bond motifs is 1. The Bertz CT molecular complexity index is 1050. The number of alkyl halides is 3. The Hall–Kier alpha value is -2.59. The van der Waals surface area contributed by atoms with E-state index in [0.29, 0.717) is 23.7 Å². The number of halogens is 3. The van der Waals surface area contributed by atoms with Crippen LogP contribution in [0.4, 0.5) is 19.0 Å². The van der Waals surface area contributed by atoms with E-state index in [1.165, 1.54) is 6.07 Å². The molecule has 3 heterocycles. The summed E-state index contributed by atoms with van der Waals surface area (Å²) in [5, 5.41) is 9.35. The number of hydrogen-bond acceptors (Lipinski definition) is 6. The molecule has 1 aliphatic heterocycles. The van der Waals surface area contributed by atoms with E-state index in [1.807, 2.05) is 29.2 Å². The van der Waals surface area contributed by atoms with Crippen LogP contribution in [0.1, 0.15) is 12.0 Å². The van der Waals surface area contributed by atoms with Gasteiger partial charge in [0.15, 0.2) is 0 Å². The van der Waals surface area contributed by atoms with Crippen LogP contribution in [0.2, 0.25) is 0 Å². The number of rotatable bonds is 3. The Labute approximate surface area is 170 Å². The lowest BCUT2D eigenvalue weighted by atomic mass is 10.2. The van der Waals surface area contributed by atoms with Gasteiger partial charge in [0.25, 0.3) is 0 Å². The third-order valence-corrected chi connectivity index (χ3v) is 5.38. The molecule has 152 valence electrons. The predicted molar refractivity (Wildman–Crippen MR) is 106 cm³/mol. The first-order valence-electron chi connectivity index (χ1n) is 9.25. The second-order valence-electron chi connectivity index (χ2n) is 6.91. The smallest absolute Gasteiger partial charge is 0.355 e. The topological polar surface area (TPSA) is 50.1 Å². The number of aromatic nitrogens is 4. The lowest BCUT2D eigenvalue weighted by Crippen LogP contribution is -2.33. The van der Waals surface area contributed by atoms with Crippen molar-refractivity contribution in [2.75, 3.05) is 31.1 Å². The molecule has 2 aromatic heterocycles. The Morgan fingerprint density at radius 2 is 1.83 bits per heavy atom. The van der Waals surface area contributed by atoms with Gasteiger partial charge in [-0.05, 0) is 30.7 Å². The van der Waals surface area contributed by atoms with Crippen molar-refractivity contribution in [2.24, 2.45) is 0 Å². The molecule has 4 rings (SSSR count). The Kier molecular flexibility index (Phi) is 5.46. The largest absolute Gasteiger partial charge is 0.417 e. The first-order valence-corrected chi connectivity index (χ1v) is 9.66. The van der Waals surface area contributed by atoms with Crippen LogP contribution in [0.15, 0.2) is 42.6 Å². The molecule has 1 aromatic carbocycles. The van der Waals surface area contributed by atoms with Crippen LogP contribution in [0.25, 0.3) is 10.9 Å². The molecule has 3 aromatic rings. The summed E-state index contributed by atoms with van der Waals surface area (Å²) in [5.74, 6) is 0.557. The van der Waals surface area contributed by atoms with Crippen molar-refractivity contribution in [3.05, 3.63) is 52.8 Å². The van der Waals surface area contributed by atoms with Crippen molar-refractivity contribution in [2.45, 2.75) is 19.3 Å². The summed E-state index contributed by atoms with van der Waals surface area (Å²) in [4.78, 5) is 8.23. The molecule has 0 bridgehead atoms. The van der Waals surface area contributed by atoms with E-state index in [4.69, 9.17) is 12.2 Å². The number of benzene rings is 1. The molecule has 1 saturated heterocycles. The molecule has 0 aliphatic carbocycles. The summed E-state index contributed by atoms with van der Waals surface area (Å²) in [6.07, 6.45) is -2.62. The van der Waals surface area contributed by atoms with E-state index in [2.05, 4.69) is 20.2 Å². The van der Waals surface area contributed by atoms with Crippen molar-refractivity contribution in [1.29, 1.82) is 0 Å². The van der Waals surface area contributed by atoms with E-state index in [0.717, 1.165) is 49.2 Å². The molecule has 6 nitrogen and oxygen atoms in total. The minimum atomic E-state index is -4.37. The number of hydrogen-bond donors (Lipinski definition) is 0. The maximum atomic E-state index is 12.7. The van der Waals surface area contributed by atoms with Crippen molar-refractivity contribution >= 4 is 28.9 Å². The SMILES string of the molecule is FC(F)(F)c1ccc(N2CCCN(Cn3nnc4ccccc4c3=S)CC2)nc1. The maximum absolute atomic E-state index is 12.7. The van der Waals surface area contributed by atoms with E-state index in [-0.39, 0.29) is 0 Å². The summed E-state index contributed by atoms with van der Waals surface area (Å²) in [6.45, 7) is 3.45. The molecule has 10 heteroatoms. The molecule has 0 atom stereocenters. The van der Waals surface area contributed by atoms with Gasteiger partial charge >= 0.3 is 6.18 Å². The Morgan fingerprint density at radius 1 is 1.00 bits per heavy atom. The van der Waals surface area contributed by atoms with Crippen LogP contribution in [-0.2, 0) is 12.8 Å². The maximum Gasteiger partial charge on any atom is 0.417 e. The quantitative estimate of drug-likeness (QED) is 0.602. The Balaban J connectivity index is 1.44. The molecule has 1 fully saturated rings. The summed E-state index contributed by atoms with van der Waals surface area (Å²) in [5.41, 5.74) is 0.0334. The molecular weight excluding hydrogens is 401 g/mol. The van der Waals surface area contributed by atoms with E-state index >= 15 is 0 Å². The van der Waals surface area contributed by atoms with Crippen LogP contribution >= 0.6 is 12.2 Å². The van der Waals surface area contributed by atoms with Gasteiger partial charge in [-0.3, -0.25) is 4.90 Å². The fraction of sp³-hybridized carbons (Fsp3) is 0.368. The highest BCUT2D eigenvalue weighted by molar-refractivity contribution is 7.71. The molecule has 0 saturated carbocycles. The third-order valence-electron chi connectivity index (χ3n) is 4.95. The second-order valence-corrected chi connectivity index (χ2v) is 7.30. The van der Waals surface area contributed by atoms with Crippen LogP contribution in [0.5, 0.6) is 0 Å². The Morgan fingerprint density at radius 3 is 2.59 bits per heavy atom. The summed E-state index contributed by atoms with van der Waals surface area (Å²) >= 11 is 5.56. The minimum absolute atomic E-state index is 0.519. The summed E-state index contributed by atoms with van der Waals surface area (Å²) < 4.78 is 40.6. The zero-order valence-corrected chi connectivity index (χ0v) is 16.3.